The zero-order chi connectivity index (χ0) is 38.2. The third-order valence-electron chi connectivity index (χ3n) is 11.7. The first-order valence-corrected chi connectivity index (χ1v) is 19.7. The first kappa shape index (κ1) is 32.4. The molecule has 0 aliphatic rings. The van der Waals surface area contributed by atoms with Crippen LogP contribution in [0, 0.1) is 0 Å². The van der Waals surface area contributed by atoms with E-state index in [4.69, 9.17) is 9.97 Å². The number of aromatic nitrogens is 4. The van der Waals surface area contributed by atoms with Gasteiger partial charge in [-0.05, 0) is 87.6 Å². The van der Waals surface area contributed by atoms with Gasteiger partial charge in [0.05, 0.1) is 33.3 Å². The van der Waals surface area contributed by atoms with E-state index < -0.39 is 0 Å². The summed E-state index contributed by atoms with van der Waals surface area (Å²) in [6.07, 6.45) is 0. The van der Waals surface area contributed by atoms with Crippen LogP contribution in [-0.4, -0.2) is 19.1 Å². The molecule has 0 spiro atoms. The van der Waals surface area contributed by atoms with Crippen LogP contribution in [0.2, 0.25) is 0 Å². The first-order valence-electron chi connectivity index (χ1n) is 19.7. The Morgan fingerprint density at radius 2 is 0.879 bits per heavy atom. The number of hydrogen-bond donors (Lipinski definition) is 0. The lowest BCUT2D eigenvalue weighted by atomic mass is 9.97. The Morgan fingerprint density at radius 3 is 1.69 bits per heavy atom. The average Bonchev–Trinajstić information content (AvgIpc) is 3.82. The molecule has 0 radical (unpaired) electrons. The summed E-state index contributed by atoms with van der Waals surface area (Å²) in [7, 11) is 0. The number of fused-ring (bicyclic) bond motifs is 9. The van der Waals surface area contributed by atoms with Crippen molar-refractivity contribution >= 4 is 65.3 Å². The molecule has 0 fully saturated rings. The molecular weight excluding hydrogens is 705 g/mol. The van der Waals surface area contributed by atoms with Crippen LogP contribution < -0.4 is 0 Å². The van der Waals surface area contributed by atoms with E-state index in [1.807, 2.05) is 0 Å². The lowest BCUT2D eigenvalue weighted by molar-refractivity contribution is 1.01. The Labute approximate surface area is 334 Å². The predicted molar refractivity (Wildman–Crippen MR) is 242 cm³/mol. The summed E-state index contributed by atoms with van der Waals surface area (Å²) >= 11 is 0. The molecule has 0 saturated heterocycles. The maximum Gasteiger partial charge on any atom is 0.235 e. The van der Waals surface area contributed by atoms with Crippen molar-refractivity contribution < 1.29 is 0 Å². The van der Waals surface area contributed by atoms with E-state index in [0.29, 0.717) is 5.95 Å². The molecule has 0 aliphatic carbocycles. The molecule has 0 unspecified atom stereocenters. The summed E-state index contributed by atoms with van der Waals surface area (Å²) in [5, 5.41) is 8.30. The summed E-state index contributed by atoms with van der Waals surface area (Å²) in [4.78, 5) is 10.6. The van der Waals surface area contributed by atoms with Crippen molar-refractivity contribution in [2.45, 2.75) is 0 Å². The fraction of sp³-hybridized carbons (Fsp3) is 0. The van der Waals surface area contributed by atoms with Gasteiger partial charge in [0.2, 0.25) is 5.95 Å². The Bertz CT molecular complexity index is 3540. The van der Waals surface area contributed by atoms with Crippen molar-refractivity contribution in [3.8, 4) is 45.1 Å². The Hall–Kier alpha value is -7.82. The molecule has 58 heavy (non-hydrogen) atoms. The highest BCUT2D eigenvalue weighted by Gasteiger charge is 2.20. The van der Waals surface area contributed by atoms with E-state index in [1.165, 1.54) is 65.6 Å². The average molecular weight is 739 g/mol. The third-order valence-corrected chi connectivity index (χ3v) is 11.7. The minimum Gasteiger partial charge on any atom is -0.309 e. The SMILES string of the molecule is c1ccc(-c2ccc(-c3nc(-n4c5ccccc5c5c6ccc(-c7ccc8c(c7)c7ccccc7n8-c7ccccc7)cc6ccc54)nc4ccccc34)cc2)cc1. The van der Waals surface area contributed by atoms with E-state index in [2.05, 4.69) is 215 Å². The van der Waals surface area contributed by atoms with Gasteiger partial charge in [0.1, 0.15) is 0 Å². The molecule has 0 aliphatic heterocycles. The third kappa shape index (κ3) is 5.02. The molecule has 0 atom stereocenters. The van der Waals surface area contributed by atoms with Gasteiger partial charge < -0.3 is 4.57 Å². The summed E-state index contributed by atoms with van der Waals surface area (Å²) < 4.78 is 4.61. The highest BCUT2D eigenvalue weighted by Crippen LogP contribution is 2.40. The van der Waals surface area contributed by atoms with E-state index in [1.54, 1.807) is 0 Å². The van der Waals surface area contributed by atoms with Crippen LogP contribution in [0.4, 0.5) is 0 Å². The molecule has 3 heterocycles. The Kier molecular flexibility index (Phi) is 7.20. The van der Waals surface area contributed by atoms with Gasteiger partial charge in [-0.2, -0.15) is 0 Å². The van der Waals surface area contributed by atoms with Crippen molar-refractivity contribution in [1.82, 2.24) is 19.1 Å². The molecule has 12 rings (SSSR count). The molecule has 0 bridgehead atoms. The van der Waals surface area contributed by atoms with Crippen LogP contribution >= 0.6 is 0 Å². The van der Waals surface area contributed by atoms with Crippen LogP contribution in [0.1, 0.15) is 0 Å². The summed E-state index contributed by atoms with van der Waals surface area (Å²) in [5.74, 6) is 0.658. The minimum absolute atomic E-state index is 0.658. The maximum atomic E-state index is 5.37. The van der Waals surface area contributed by atoms with Crippen molar-refractivity contribution in [1.29, 1.82) is 0 Å². The lowest BCUT2D eigenvalue weighted by Gasteiger charge is -2.12. The van der Waals surface area contributed by atoms with Crippen molar-refractivity contribution in [2.75, 3.05) is 0 Å². The zero-order valence-corrected chi connectivity index (χ0v) is 31.4. The molecule has 9 aromatic carbocycles. The van der Waals surface area contributed by atoms with Crippen LogP contribution in [0.3, 0.4) is 0 Å². The van der Waals surface area contributed by atoms with Gasteiger partial charge in [-0.25, -0.2) is 9.97 Å². The van der Waals surface area contributed by atoms with E-state index >= 15 is 0 Å². The fourth-order valence-electron chi connectivity index (χ4n) is 9.04. The van der Waals surface area contributed by atoms with Gasteiger partial charge in [-0.1, -0.05) is 152 Å². The molecule has 3 aromatic heterocycles. The van der Waals surface area contributed by atoms with Crippen LogP contribution in [0.5, 0.6) is 0 Å². The Balaban J connectivity index is 1.01. The predicted octanol–water partition coefficient (Wildman–Crippen LogP) is 14.0. The monoisotopic (exact) mass is 738 g/mol. The standard InChI is InChI=1S/C54H34N4/c1-3-13-35(14-4-1)36-23-25-37(26-24-36)53-44-18-7-10-20-47(44)55-54(56-53)58-49-22-12-9-19-45(49)52-42-30-27-38(33-40(42)29-32-51(52)58)39-28-31-50-46(34-39)43-17-8-11-21-48(43)57(50)41-15-5-2-6-16-41/h1-34H. The first-order chi connectivity index (χ1) is 28.8. The molecule has 4 heteroatoms. The van der Waals surface area contributed by atoms with Crippen LogP contribution in [0.25, 0.3) is 110 Å². The molecule has 0 saturated carbocycles. The number of para-hydroxylation sites is 4. The molecule has 0 amide bonds. The molecule has 12 aromatic rings. The second kappa shape index (κ2) is 12.9. The van der Waals surface area contributed by atoms with E-state index in [0.717, 1.165) is 38.9 Å². The smallest absolute Gasteiger partial charge is 0.235 e. The Morgan fingerprint density at radius 1 is 0.310 bits per heavy atom. The number of benzene rings is 9. The number of rotatable bonds is 5. The van der Waals surface area contributed by atoms with Crippen LogP contribution in [-0.2, 0) is 0 Å². The maximum absolute atomic E-state index is 5.37. The zero-order valence-electron chi connectivity index (χ0n) is 31.4. The number of hydrogen-bond acceptors (Lipinski definition) is 2. The van der Waals surface area contributed by atoms with Crippen molar-refractivity contribution in [2.24, 2.45) is 0 Å². The van der Waals surface area contributed by atoms with Gasteiger partial charge in [0.15, 0.2) is 0 Å². The highest BCUT2D eigenvalue weighted by molar-refractivity contribution is 6.21. The molecular formula is C54H34N4. The lowest BCUT2D eigenvalue weighted by Crippen LogP contribution is -2.03. The van der Waals surface area contributed by atoms with Crippen molar-refractivity contribution in [3.63, 3.8) is 0 Å². The second-order valence-corrected chi connectivity index (χ2v) is 15.0. The van der Waals surface area contributed by atoms with Crippen LogP contribution in [0.15, 0.2) is 206 Å². The molecule has 270 valence electrons. The largest absolute Gasteiger partial charge is 0.309 e. The van der Waals surface area contributed by atoms with E-state index in [-0.39, 0.29) is 0 Å². The fourth-order valence-corrected chi connectivity index (χ4v) is 9.04. The van der Waals surface area contributed by atoms with Gasteiger partial charge in [-0.3, -0.25) is 4.57 Å². The molecule has 4 nitrogen and oxygen atoms in total. The quantitative estimate of drug-likeness (QED) is 0.176. The summed E-state index contributed by atoms with van der Waals surface area (Å²) in [6.45, 7) is 0. The number of nitrogens with zero attached hydrogens (tertiary/aromatic N) is 4. The van der Waals surface area contributed by atoms with Gasteiger partial charge in [0, 0.05) is 38.2 Å². The molecule has 0 N–H and O–H groups in total. The van der Waals surface area contributed by atoms with Gasteiger partial charge >= 0.3 is 0 Å². The topological polar surface area (TPSA) is 35.6 Å². The summed E-state index contributed by atoms with van der Waals surface area (Å²) in [6, 6.07) is 73.8. The van der Waals surface area contributed by atoms with Gasteiger partial charge in [-0.15, -0.1) is 0 Å². The van der Waals surface area contributed by atoms with Gasteiger partial charge in [0.25, 0.3) is 0 Å². The normalized spacial score (nSPS) is 11.8. The van der Waals surface area contributed by atoms with Crippen molar-refractivity contribution in [3.05, 3.63) is 206 Å². The summed E-state index contributed by atoms with van der Waals surface area (Å²) in [5.41, 5.74) is 13.4. The second-order valence-electron chi connectivity index (χ2n) is 15.0. The highest BCUT2D eigenvalue weighted by atomic mass is 15.2. The van der Waals surface area contributed by atoms with E-state index in [9.17, 15) is 0 Å². The minimum atomic E-state index is 0.658.